The minimum atomic E-state index is 0. The number of aryl methyl sites for hydroxylation is 4. The fourth-order valence-electron chi connectivity index (χ4n) is 2.43. The maximum absolute atomic E-state index is 2.26. The molecule has 5 heteroatoms. The van der Waals surface area contributed by atoms with Gasteiger partial charge in [0.05, 0.1) is 27.2 Å². The first-order valence-corrected chi connectivity index (χ1v) is 8.60. The highest BCUT2D eigenvalue weighted by Crippen LogP contribution is 2.00. The minimum absolute atomic E-state index is 0. The summed E-state index contributed by atoms with van der Waals surface area (Å²) in [5, 5.41) is 0. The molecule has 0 amide bonds. The third kappa shape index (κ3) is 8.53. The first-order chi connectivity index (χ1) is 10.6. The molecular weight excluding hydrogens is 399 g/mol. The average Bonchev–Trinajstić information content (AvgIpc) is 3.05. The Bertz CT molecular complexity index is 531. The molecule has 0 bridgehead atoms. The molecule has 2 aromatic heterocycles. The van der Waals surface area contributed by atoms with Gasteiger partial charge in [0.1, 0.15) is 24.8 Å². The topological polar surface area (TPSA) is 17.6 Å². The molecule has 0 N–H and O–H groups in total. The van der Waals surface area contributed by atoms with E-state index in [2.05, 4.69) is 84.2 Å². The van der Waals surface area contributed by atoms with Crippen LogP contribution >= 0.6 is 24.0 Å². The molecule has 0 radical (unpaired) electrons. The van der Waals surface area contributed by atoms with Crippen LogP contribution in [0.4, 0.5) is 0 Å². The third-order valence-corrected chi connectivity index (χ3v) is 3.95. The van der Waals surface area contributed by atoms with Gasteiger partial charge in [-0.3, -0.25) is 0 Å². The number of aromatic nitrogens is 4. The van der Waals surface area contributed by atoms with Crippen molar-refractivity contribution in [1.29, 1.82) is 0 Å². The average molecular weight is 434 g/mol. The number of nitrogens with zero attached hydrogens (tertiary/aromatic N) is 4. The maximum atomic E-state index is 2.26. The largest absolute Gasteiger partial charge is 0.253 e. The number of halogens is 1. The van der Waals surface area contributed by atoms with Gasteiger partial charge in [-0.15, -0.1) is 24.0 Å². The van der Waals surface area contributed by atoms with Crippen molar-refractivity contribution in [3.05, 3.63) is 36.9 Å². The Hall–Kier alpha value is -0.850. The Morgan fingerprint density at radius 2 is 1.65 bits per heavy atom. The van der Waals surface area contributed by atoms with Gasteiger partial charge in [-0.25, -0.2) is 18.3 Å². The molecule has 0 saturated heterocycles. The summed E-state index contributed by atoms with van der Waals surface area (Å²) in [5.41, 5.74) is 0. The molecule has 4 nitrogen and oxygen atoms in total. The maximum Gasteiger partial charge on any atom is 0.253 e. The first kappa shape index (κ1) is 22.1. The van der Waals surface area contributed by atoms with Gasteiger partial charge >= 0.3 is 0 Å². The fourth-order valence-corrected chi connectivity index (χ4v) is 2.43. The highest BCUT2D eigenvalue weighted by atomic mass is 127. The van der Waals surface area contributed by atoms with E-state index < -0.39 is 0 Å². The van der Waals surface area contributed by atoms with Crippen molar-refractivity contribution < 1.29 is 9.13 Å². The van der Waals surface area contributed by atoms with Crippen LogP contribution in [0.3, 0.4) is 0 Å². The second kappa shape index (κ2) is 12.6. The van der Waals surface area contributed by atoms with Crippen molar-refractivity contribution in [2.24, 2.45) is 14.1 Å². The smallest absolute Gasteiger partial charge is 0.240 e. The molecule has 2 heterocycles. The third-order valence-electron chi connectivity index (χ3n) is 3.95. The molecule has 0 saturated carbocycles. The van der Waals surface area contributed by atoms with Crippen molar-refractivity contribution >= 4 is 24.0 Å². The van der Waals surface area contributed by atoms with Crippen LogP contribution in [-0.2, 0) is 27.2 Å². The van der Waals surface area contributed by atoms with Gasteiger partial charge in [-0.2, -0.15) is 0 Å². The van der Waals surface area contributed by atoms with E-state index in [1.165, 1.54) is 44.5 Å². The van der Waals surface area contributed by atoms with Gasteiger partial charge in [-0.05, 0) is 19.3 Å². The lowest BCUT2D eigenvalue weighted by atomic mass is 10.2. The minimum Gasteiger partial charge on any atom is -0.240 e. The molecule has 0 unspecified atom stereocenters. The summed E-state index contributed by atoms with van der Waals surface area (Å²) in [6.45, 7) is 8.87. The van der Waals surface area contributed by atoms with Crippen LogP contribution < -0.4 is 9.13 Å². The zero-order valence-electron chi connectivity index (χ0n) is 15.5. The Morgan fingerprint density at radius 1 is 0.913 bits per heavy atom. The van der Waals surface area contributed by atoms with Crippen LogP contribution in [0.25, 0.3) is 0 Å². The monoisotopic (exact) mass is 434 g/mol. The quantitative estimate of drug-likeness (QED) is 0.361. The van der Waals surface area contributed by atoms with E-state index >= 15 is 0 Å². The van der Waals surface area contributed by atoms with Crippen molar-refractivity contribution in [2.75, 3.05) is 0 Å². The summed E-state index contributed by atoms with van der Waals surface area (Å²) in [6.07, 6.45) is 17.1. The lowest BCUT2D eigenvalue weighted by Crippen LogP contribution is -2.29. The summed E-state index contributed by atoms with van der Waals surface area (Å²) < 4.78 is 8.73. The van der Waals surface area contributed by atoms with E-state index in [-0.39, 0.29) is 24.0 Å². The summed E-state index contributed by atoms with van der Waals surface area (Å²) in [5.74, 6) is 1.32. The van der Waals surface area contributed by atoms with Crippen LogP contribution in [0, 0.1) is 6.92 Å². The van der Waals surface area contributed by atoms with E-state index in [4.69, 9.17) is 0 Å². The molecule has 2 aromatic rings. The molecule has 0 aromatic carbocycles. The van der Waals surface area contributed by atoms with E-state index in [1.54, 1.807) is 0 Å². The number of hydrogen-bond acceptors (Lipinski definition) is 0. The SMILES string of the molecule is CCCCCCn1cc[n+](C)c1.CCCn1cc[n+](C)c1C.I. The van der Waals surface area contributed by atoms with Crippen LogP contribution in [0.15, 0.2) is 31.1 Å². The molecule has 0 fully saturated rings. The molecule has 0 aliphatic rings. The van der Waals surface area contributed by atoms with Gasteiger partial charge < -0.3 is 0 Å². The molecule has 23 heavy (non-hydrogen) atoms. The number of unbranched alkanes of at least 4 members (excludes halogenated alkanes) is 3. The predicted octanol–water partition coefficient (Wildman–Crippen LogP) is 3.54. The number of hydrogen-bond donors (Lipinski definition) is 0. The van der Waals surface area contributed by atoms with Crippen molar-refractivity contribution in [2.45, 2.75) is 66.0 Å². The number of imidazole rings is 2. The van der Waals surface area contributed by atoms with Crippen LogP contribution in [0.5, 0.6) is 0 Å². The van der Waals surface area contributed by atoms with Gasteiger partial charge in [0.2, 0.25) is 6.33 Å². The highest BCUT2D eigenvalue weighted by Gasteiger charge is 2.05. The summed E-state index contributed by atoms with van der Waals surface area (Å²) in [6, 6.07) is 0. The van der Waals surface area contributed by atoms with Crippen LogP contribution in [0.1, 0.15) is 51.8 Å². The van der Waals surface area contributed by atoms with Crippen LogP contribution in [0.2, 0.25) is 0 Å². The lowest BCUT2D eigenvalue weighted by molar-refractivity contribution is -0.677. The Morgan fingerprint density at radius 3 is 2.13 bits per heavy atom. The van der Waals surface area contributed by atoms with Crippen molar-refractivity contribution in [3.8, 4) is 0 Å². The molecule has 132 valence electrons. The van der Waals surface area contributed by atoms with E-state index in [1.807, 2.05) is 0 Å². The first-order valence-electron chi connectivity index (χ1n) is 8.60. The highest BCUT2D eigenvalue weighted by molar-refractivity contribution is 14.0. The van der Waals surface area contributed by atoms with Gasteiger partial charge in [0, 0.05) is 6.92 Å². The normalized spacial score (nSPS) is 9.96. The molecular formula is C18H35IN4+2. The molecule has 2 rings (SSSR count). The summed E-state index contributed by atoms with van der Waals surface area (Å²) in [4.78, 5) is 0. The molecule has 0 spiro atoms. The fraction of sp³-hybridized carbons (Fsp3) is 0.667. The second-order valence-corrected chi connectivity index (χ2v) is 6.03. The zero-order valence-corrected chi connectivity index (χ0v) is 17.9. The standard InChI is InChI=1S/C10H19N2.C8H15N2.HI/c1-3-4-5-6-7-12-9-8-11(2)10-12;1-4-5-10-7-6-9(3)8(10)2;/h8-10H,3-7H2,1-2H3;6-7H,4-5H2,1-3H3;1H/q2*+1;. The van der Waals surface area contributed by atoms with Crippen molar-refractivity contribution in [1.82, 2.24) is 9.13 Å². The second-order valence-electron chi connectivity index (χ2n) is 6.03. The van der Waals surface area contributed by atoms with Gasteiger partial charge in [0.25, 0.3) is 5.82 Å². The molecule has 0 atom stereocenters. The van der Waals surface area contributed by atoms with Gasteiger partial charge in [-0.1, -0.05) is 26.7 Å². The Kier molecular flexibility index (Phi) is 12.1. The van der Waals surface area contributed by atoms with E-state index in [0.717, 1.165) is 6.54 Å². The predicted molar refractivity (Wildman–Crippen MR) is 106 cm³/mol. The van der Waals surface area contributed by atoms with E-state index in [9.17, 15) is 0 Å². The molecule has 0 aliphatic carbocycles. The Balaban J connectivity index is 0.000000409. The molecule has 0 aliphatic heterocycles. The zero-order chi connectivity index (χ0) is 16.4. The number of rotatable bonds is 7. The summed E-state index contributed by atoms with van der Waals surface area (Å²) >= 11 is 0. The summed E-state index contributed by atoms with van der Waals surface area (Å²) in [7, 11) is 4.13. The van der Waals surface area contributed by atoms with Gasteiger partial charge in [0.15, 0.2) is 0 Å². The van der Waals surface area contributed by atoms with Crippen LogP contribution in [-0.4, -0.2) is 9.13 Å². The van der Waals surface area contributed by atoms with Crippen molar-refractivity contribution in [3.63, 3.8) is 0 Å². The van der Waals surface area contributed by atoms with E-state index in [0.29, 0.717) is 0 Å². The lowest BCUT2D eigenvalue weighted by Gasteiger charge is -1.95. The Labute approximate surface area is 159 Å².